The van der Waals surface area contributed by atoms with Gasteiger partial charge in [0.05, 0.1) is 14.2 Å². The van der Waals surface area contributed by atoms with Crippen LogP contribution in [0.4, 0.5) is 0 Å². The van der Waals surface area contributed by atoms with E-state index >= 15 is 0 Å². The van der Waals surface area contributed by atoms with Gasteiger partial charge in [-0.15, -0.1) is 0 Å². The fourth-order valence-electron chi connectivity index (χ4n) is 2.38. The minimum atomic E-state index is 0.747. The van der Waals surface area contributed by atoms with Crippen LogP contribution in [-0.4, -0.2) is 14.2 Å². The second-order valence-electron chi connectivity index (χ2n) is 4.63. The lowest BCUT2D eigenvalue weighted by Gasteiger charge is -2.10. The Labute approximate surface area is 118 Å². The third kappa shape index (κ3) is 2.21. The van der Waals surface area contributed by atoms with E-state index in [0.717, 1.165) is 17.1 Å². The van der Waals surface area contributed by atoms with Crippen molar-refractivity contribution in [1.29, 1.82) is 0 Å². The number of fused-ring (bicyclic) bond motifs is 1. The third-order valence-electron chi connectivity index (χ3n) is 3.47. The second-order valence-corrected chi connectivity index (χ2v) is 4.63. The highest BCUT2D eigenvalue weighted by atomic mass is 16.5. The van der Waals surface area contributed by atoms with Crippen LogP contribution < -0.4 is 9.47 Å². The third-order valence-corrected chi connectivity index (χ3v) is 3.47. The van der Waals surface area contributed by atoms with E-state index in [1.807, 2.05) is 18.2 Å². The number of methoxy groups -OCH3 is 2. The number of ether oxygens (including phenoxy) is 2. The summed E-state index contributed by atoms with van der Waals surface area (Å²) in [6.45, 7) is 0. The smallest absolute Gasteiger partial charge is 0.161 e. The van der Waals surface area contributed by atoms with E-state index in [1.54, 1.807) is 14.2 Å². The van der Waals surface area contributed by atoms with E-state index in [4.69, 9.17) is 9.47 Å². The van der Waals surface area contributed by atoms with E-state index in [2.05, 4.69) is 42.5 Å². The largest absolute Gasteiger partial charge is 0.493 e. The molecule has 0 amide bonds. The van der Waals surface area contributed by atoms with E-state index in [9.17, 15) is 0 Å². The maximum atomic E-state index is 5.36. The normalized spacial score (nSPS) is 10.5. The molecule has 0 aliphatic heterocycles. The zero-order valence-corrected chi connectivity index (χ0v) is 11.6. The van der Waals surface area contributed by atoms with Crippen molar-refractivity contribution in [3.63, 3.8) is 0 Å². The van der Waals surface area contributed by atoms with E-state index < -0.39 is 0 Å². The monoisotopic (exact) mass is 264 g/mol. The summed E-state index contributed by atoms with van der Waals surface area (Å²) in [5.41, 5.74) is 2.29. The summed E-state index contributed by atoms with van der Waals surface area (Å²) in [7, 11) is 3.30. The molecule has 3 aromatic rings. The SMILES string of the molecule is COc1ccc(-c2ccc3ccccc3c2)cc1OC. The molecule has 0 bridgehead atoms. The summed E-state index contributed by atoms with van der Waals surface area (Å²) in [5.74, 6) is 1.50. The summed E-state index contributed by atoms with van der Waals surface area (Å²) in [5, 5.41) is 2.48. The Kier molecular flexibility index (Phi) is 3.30. The lowest BCUT2D eigenvalue weighted by molar-refractivity contribution is 0.355. The Bertz CT molecular complexity index is 747. The van der Waals surface area contributed by atoms with Crippen molar-refractivity contribution in [2.75, 3.05) is 14.2 Å². The van der Waals surface area contributed by atoms with Gasteiger partial charge in [-0.05, 0) is 40.1 Å². The van der Waals surface area contributed by atoms with E-state index in [1.165, 1.54) is 16.3 Å². The van der Waals surface area contributed by atoms with Crippen LogP contribution in [0.3, 0.4) is 0 Å². The summed E-state index contributed by atoms with van der Waals surface area (Å²) in [6.07, 6.45) is 0. The van der Waals surface area contributed by atoms with Gasteiger partial charge in [-0.3, -0.25) is 0 Å². The van der Waals surface area contributed by atoms with Gasteiger partial charge in [0.2, 0.25) is 0 Å². The van der Waals surface area contributed by atoms with Crippen molar-refractivity contribution in [2.24, 2.45) is 0 Å². The van der Waals surface area contributed by atoms with Gasteiger partial charge in [0.1, 0.15) is 0 Å². The first-order valence-electron chi connectivity index (χ1n) is 6.53. The van der Waals surface area contributed by atoms with E-state index in [-0.39, 0.29) is 0 Å². The van der Waals surface area contributed by atoms with Crippen molar-refractivity contribution in [1.82, 2.24) is 0 Å². The maximum Gasteiger partial charge on any atom is 0.161 e. The average molecular weight is 264 g/mol. The van der Waals surface area contributed by atoms with E-state index in [0.29, 0.717) is 0 Å². The van der Waals surface area contributed by atoms with Gasteiger partial charge in [-0.25, -0.2) is 0 Å². The van der Waals surface area contributed by atoms with Crippen LogP contribution in [0.5, 0.6) is 11.5 Å². The highest BCUT2D eigenvalue weighted by Crippen LogP contribution is 2.33. The summed E-state index contributed by atoms with van der Waals surface area (Å²) in [6, 6.07) is 20.8. The molecule has 0 saturated heterocycles. The first kappa shape index (κ1) is 12.5. The number of rotatable bonds is 3. The lowest BCUT2D eigenvalue weighted by Crippen LogP contribution is -1.90. The molecule has 0 atom stereocenters. The Morgan fingerprint density at radius 1 is 0.600 bits per heavy atom. The standard InChI is InChI=1S/C18H16O2/c1-19-17-10-9-16(12-18(17)20-2)15-8-7-13-5-3-4-6-14(13)11-15/h3-12H,1-2H3. The molecule has 0 radical (unpaired) electrons. The van der Waals surface area contributed by atoms with Crippen LogP contribution in [0.25, 0.3) is 21.9 Å². The fourth-order valence-corrected chi connectivity index (χ4v) is 2.38. The first-order valence-corrected chi connectivity index (χ1v) is 6.53. The molecule has 0 N–H and O–H groups in total. The van der Waals surface area contributed by atoms with Crippen molar-refractivity contribution >= 4 is 10.8 Å². The molecule has 0 heterocycles. The quantitative estimate of drug-likeness (QED) is 0.692. The molecule has 3 rings (SSSR count). The van der Waals surface area contributed by atoms with Crippen LogP contribution in [0.1, 0.15) is 0 Å². The first-order chi connectivity index (χ1) is 9.81. The molecule has 2 heteroatoms. The molecule has 0 aliphatic rings. The highest BCUT2D eigenvalue weighted by Gasteiger charge is 2.06. The van der Waals surface area contributed by atoms with Crippen LogP contribution >= 0.6 is 0 Å². The highest BCUT2D eigenvalue weighted by molar-refractivity contribution is 5.87. The predicted molar refractivity (Wildman–Crippen MR) is 82.5 cm³/mol. The minimum absolute atomic E-state index is 0.747. The number of benzene rings is 3. The van der Waals surface area contributed by atoms with Gasteiger partial charge in [0.15, 0.2) is 11.5 Å². The number of hydrogen-bond donors (Lipinski definition) is 0. The molecule has 0 spiro atoms. The van der Waals surface area contributed by atoms with Crippen LogP contribution in [-0.2, 0) is 0 Å². The predicted octanol–water partition coefficient (Wildman–Crippen LogP) is 4.52. The number of hydrogen-bond acceptors (Lipinski definition) is 2. The fraction of sp³-hybridized carbons (Fsp3) is 0.111. The van der Waals surface area contributed by atoms with Crippen LogP contribution in [0.15, 0.2) is 60.7 Å². The van der Waals surface area contributed by atoms with Gasteiger partial charge in [0.25, 0.3) is 0 Å². The molecule has 0 saturated carbocycles. The van der Waals surface area contributed by atoms with Gasteiger partial charge in [-0.1, -0.05) is 42.5 Å². The zero-order chi connectivity index (χ0) is 13.9. The van der Waals surface area contributed by atoms with Gasteiger partial charge in [0, 0.05) is 0 Å². The molecule has 2 nitrogen and oxygen atoms in total. The maximum absolute atomic E-state index is 5.36. The second kappa shape index (κ2) is 5.25. The molecule has 20 heavy (non-hydrogen) atoms. The molecule has 0 aromatic heterocycles. The molecular weight excluding hydrogens is 248 g/mol. The van der Waals surface area contributed by atoms with Gasteiger partial charge >= 0.3 is 0 Å². The zero-order valence-electron chi connectivity index (χ0n) is 11.6. The molecule has 0 fully saturated rings. The van der Waals surface area contributed by atoms with Crippen LogP contribution in [0, 0.1) is 0 Å². The molecule has 0 unspecified atom stereocenters. The Balaban J connectivity index is 2.10. The van der Waals surface area contributed by atoms with Crippen molar-refractivity contribution in [3.05, 3.63) is 60.7 Å². The van der Waals surface area contributed by atoms with Crippen molar-refractivity contribution in [3.8, 4) is 22.6 Å². The molecule has 3 aromatic carbocycles. The summed E-state index contributed by atoms with van der Waals surface area (Å²) >= 11 is 0. The van der Waals surface area contributed by atoms with Crippen molar-refractivity contribution in [2.45, 2.75) is 0 Å². The minimum Gasteiger partial charge on any atom is -0.493 e. The topological polar surface area (TPSA) is 18.5 Å². The Hall–Kier alpha value is -2.48. The summed E-state index contributed by atoms with van der Waals surface area (Å²) in [4.78, 5) is 0. The Morgan fingerprint density at radius 2 is 1.25 bits per heavy atom. The lowest BCUT2D eigenvalue weighted by atomic mass is 10.0. The van der Waals surface area contributed by atoms with Crippen LogP contribution in [0.2, 0.25) is 0 Å². The van der Waals surface area contributed by atoms with Crippen molar-refractivity contribution < 1.29 is 9.47 Å². The summed E-state index contributed by atoms with van der Waals surface area (Å²) < 4.78 is 10.6. The average Bonchev–Trinajstić information content (AvgIpc) is 2.53. The van der Waals surface area contributed by atoms with Gasteiger partial charge in [-0.2, -0.15) is 0 Å². The molecular formula is C18H16O2. The Morgan fingerprint density at radius 3 is 2.00 bits per heavy atom. The molecule has 0 aliphatic carbocycles. The van der Waals surface area contributed by atoms with Gasteiger partial charge < -0.3 is 9.47 Å². The molecule has 100 valence electrons.